The quantitative estimate of drug-likeness (QED) is 0.356. The summed E-state index contributed by atoms with van der Waals surface area (Å²) in [6.07, 6.45) is 0. The molecule has 0 aliphatic heterocycles. The maximum atomic E-state index is 12.8. The van der Waals surface area contributed by atoms with Crippen LogP contribution in [0.3, 0.4) is 0 Å². The van der Waals surface area contributed by atoms with E-state index in [2.05, 4.69) is 17.4 Å². The number of non-ortho nitro benzene ring substituents is 1. The van der Waals surface area contributed by atoms with Crippen LogP contribution in [0, 0.1) is 17.0 Å². The summed E-state index contributed by atoms with van der Waals surface area (Å²) >= 11 is 0. The average Bonchev–Trinajstić information content (AvgIpc) is 2.83. The average molecular weight is 481 g/mol. The Morgan fingerprint density at radius 3 is 2.26 bits per heavy atom. The molecule has 10 heteroatoms. The van der Waals surface area contributed by atoms with Gasteiger partial charge in [-0.25, -0.2) is 8.42 Å². The molecule has 0 fully saturated rings. The van der Waals surface area contributed by atoms with Crippen molar-refractivity contribution in [1.82, 2.24) is 15.2 Å². The second kappa shape index (κ2) is 10.3. The molecule has 3 aromatic rings. The minimum absolute atomic E-state index is 0.0864. The highest BCUT2D eigenvalue weighted by Gasteiger charge is 2.20. The number of nitro groups is 1. The Hall–Kier alpha value is -4.02. The molecule has 3 rings (SSSR count). The molecule has 2 N–H and O–H groups in total. The first-order valence-corrected chi connectivity index (χ1v) is 11.6. The van der Waals surface area contributed by atoms with E-state index in [1.807, 2.05) is 6.92 Å². The molecule has 0 heterocycles. The predicted octanol–water partition coefficient (Wildman–Crippen LogP) is 3.63. The van der Waals surface area contributed by atoms with Crippen molar-refractivity contribution in [2.75, 3.05) is 7.05 Å². The largest absolute Gasteiger partial charge is 0.298 e. The van der Waals surface area contributed by atoms with Crippen molar-refractivity contribution in [1.29, 1.82) is 0 Å². The van der Waals surface area contributed by atoms with Gasteiger partial charge in [-0.1, -0.05) is 48.5 Å². The highest BCUT2D eigenvalue weighted by atomic mass is 32.2. The summed E-state index contributed by atoms with van der Waals surface area (Å²) in [6.45, 7) is 5.80. The van der Waals surface area contributed by atoms with Gasteiger partial charge in [-0.3, -0.25) is 25.8 Å². The van der Waals surface area contributed by atoms with Gasteiger partial charge in [0, 0.05) is 36.9 Å². The molecule has 0 spiro atoms. The Labute approximate surface area is 197 Å². The molecule has 0 atom stereocenters. The number of hydrogen-bond acceptors (Lipinski definition) is 6. The van der Waals surface area contributed by atoms with Gasteiger partial charge in [0.2, 0.25) is 10.0 Å². The molecular formula is C24H24N4O5S. The van der Waals surface area contributed by atoms with Gasteiger partial charge in [-0.05, 0) is 36.8 Å². The van der Waals surface area contributed by atoms with Crippen molar-refractivity contribution in [2.24, 2.45) is 0 Å². The van der Waals surface area contributed by atoms with E-state index in [0.29, 0.717) is 16.7 Å². The molecule has 176 valence electrons. The molecule has 0 aromatic heterocycles. The summed E-state index contributed by atoms with van der Waals surface area (Å²) in [5.41, 5.74) is 7.83. The Bertz CT molecular complexity index is 1320. The third-order valence-corrected chi connectivity index (χ3v) is 6.90. The fraction of sp³-hybridized carbons (Fsp3) is 0.125. The SMILES string of the molecule is C=C(NNC(=O)c1ccc(CN(C)S(=O)(=O)c2ccc(C)cc2)cc1)c1cccc([N+](=O)[O-])c1. The van der Waals surface area contributed by atoms with E-state index in [1.165, 1.54) is 29.6 Å². The topological polar surface area (TPSA) is 122 Å². The van der Waals surface area contributed by atoms with Gasteiger partial charge in [0.05, 0.1) is 15.5 Å². The van der Waals surface area contributed by atoms with Crippen LogP contribution in [-0.4, -0.2) is 30.6 Å². The first-order valence-electron chi connectivity index (χ1n) is 10.2. The number of nitro benzene ring substituents is 1. The summed E-state index contributed by atoms with van der Waals surface area (Å²) in [4.78, 5) is 23.0. The number of benzene rings is 3. The van der Waals surface area contributed by atoms with E-state index in [0.717, 1.165) is 5.56 Å². The van der Waals surface area contributed by atoms with E-state index in [9.17, 15) is 23.3 Å². The Balaban J connectivity index is 1.60. The number of amides is 1. The van der Waals surface area contributed by atoms with Crippen LogP contribution in [0.5, 0.6) is 0 Å². The van der Waals surface area contributed by atoms with E-state index in [1.54, 1.807) is 54.6 Å². The van der Waals surface area contributed by atoms with Gasteiger partial charge in [0.15, 0.2) is 0 Å². The van der Waals surface area contributed by atoms with E-state index < -0.39 is 20.9 Å². The lowest BCUT2D eigenvalue weighted by molar-refractivity contribution is -0.384. The fourth-order valence-electron chi connectivity index (χ4n) is 3.08. The van der Waals surface area contributed by atoms with Crippen molar-refractivity contribution in [3.63, 3.8) is 0 Å². The van der Waals surface area contributed by atoms with Gasteiger partial charge < -0.3 is 0 Å². The van der Waals surface area contributed by atoms with Gasteiger partial charge in [-0.2, -0.15) is 4.31 Å². The highest BCUT2D eigenvalue weighted by Crippen LogP contribution is 2.19. The van der Waals surface area contributed by atoms with Gasteiger partial charge in [0.25, 0.3) is 11.6 Å². The fourth-order valence-corrected chi connectivity index (χ4v) is 4.24. The second-order valence-electron chi connectivity index (χ2n) is 7.64. The number of hydrogen-bond donors (Lipinski definition) is 2. The molecule has 0 saturated carbocycles. The van der Waals surface area contributed by atoms with E-state index in [-0.39, 0.29) is 22.8 Å². The predicted molar refractivity (Wildman–Crippen MR) is 129 cm³/mol. The summed E-state index contributed by atoms with van der Waals surface area (Å²) in [5.74, 6) is -0.446. The maximum Gasteiger partial charge on any atom is 0.270 e. The van der Waals surface area contributed by atoms with E-state index in [4.69, 9.17) is 0 Å². The highest BCUT2D eigenvalue weighted by molar-refractivity contribution is 7.89. The number of aryl methyl sites for hydroxylation is 1. The number of nitrogens with zero attached hydrogens (tertiary/aromatic N) is 2. The lowest BCUT2D eigenvalue weighted by Crippen LogP contribution is -2.35. The number of rotatable bonds is 9. The lowest BCUT2D eigenvalue weighted by atomic mass is 10.1. The van der Waals surface area contributed by atoms with Crippen LogP contribution >= 0.6 is 0 Å². The zero-order chi connectivity index (χ0) is 24.9. The van der Waals surface area contributed by atoms with Gasteiger partial charge in [0.1, 0.15) is 0 Å². The van der Waals surface area contributed by atoms with Crippen LogP contribution < -0.4 is 10.9 Å². The smallest absolute Gasteiger partial charge is 0.270 e. The molecule has 0 unspecified atom stereocenters. The molecule has 9 nitrogen and oxygen atoms in total. The molecular weight excluding hydrogens is 456 g/mol. The van der Waals surface area contributed by atoms with Gasteiger partial charge >= 0.3 is 0 Å². The van der Waals surface area contributed by atoms with Crippen molar-refractivity contribution in [3.8, 4) is 0 Å². The number of hydrazine groups is 1. The first kappa shape index (κ1) is 24.6. The number of carbonyl (C=O) groups is 1. The normalized spacial score (nSPS) is 11.1. The first-order chi connectivity index (χ1) is 16.1. The summed E-state index contributed by atoms with van der Waals surface area (Å²) < 4.78 is 26.8. The minimum Gasteiger partial charge on any atom is -0.298 e. The summed E-state index contributed by atoms with van der Waals surface area (Å²) in [7, 11) is -2.14. The van der Waals surface area contributed by atoms with Crippen molar-refractivity contribution in [2.45, 2.75) is 18.4 Å². The molecule has 0 aliphatic carbocycles. The molecule has 0 saturated heterocycles. The zero-order valence-corrected chi connectivity index (χ0v) is 19.5. The standard InChI is InChI=1S/C24H24N4O5S/c1-17-7-13-23(14-8-17)34(32,33)27(3)16-19-9-11-20(12-10-19)24(29)26-25-18(2)21-5-4-6-22(15-21)28(30)31/h4-15,25H,2,16H2,1,3H3,(H,26,29). The third-order valence-electron chi connectivity index (χ3n) is 5.08. The Morgan fingerprint density at radius 2 is 1.65 bits per heavy atom. The Kier molecular flexibility index (Phi) is 7.44. The molecule has 0 radical (unpaired) electrons. The minimum atomic E-state index is -3.64. The lowest BCUT2D eigenvalue weighted by Gasteiger charge is -2.17. The third kappa shape index (κ3) is 5.85. The van der Waals surface area contributed by atoms with Gasteiger partial charge in [-0.15, -0.1) is 0 Å². The van der Waals surface area contributed by atoms with Crippen molar-refractivity contribution >= 4 is 27.3 Å². The maximum absolute atomic E-state index is 12.8. The number of carbonyl (C=O) groups excluding carboxylic acids is 1. The number of nitrogens with one attached hydrogen (secondary N) is 2. The van der Waals surface area contributed by atoms with Crippen LogP contribution in [-0.2, 0) is 16.6 Å². The zero-order valence-electron chi connectivity index (χ0n) is 18.7. The molecule has 34 heavy (non-hydrogen) atoms. The van der Waals surface area contributed by atoms with Crippen LogP contribution in [0.4, 0.5) is 5.69 Å². The summed E-state index contributed by atoms with van der Waals surface area (Å²) in [6, 6.07) is 19.0. The monoisotopic (exact) mass is 480 g/mol. The number of sulfonamides is 1. The molecule has 0 bridgehead atoms. The Morgan fingerprint density at radius 1 is 1.00 bits per heavy atom. The van der Waals surface area contributed by atoms with Crippen LogP contribution in [0.2, 0.25) is 0 Å². The molecule has 0 aliphatic rings. The van der Waals surface area contributed by atoms with Crippen molar-refractivity contribution < 1.29 is 18.1 Å². The van der Waals surface area contributed by atoms with E-state index >= 15 is 0 Å². The van der Waals surface area contributed by atoms with Crippen molar-refractivity contribution in [3.05, 3.63) is 112 Å². The van der Waals surface area contributed by atoms with Crippen LogP contribution in [0.1, 0.15) is 27.0 Å². The molecule has 1 amide bonds. The van der Waals surface area contributed by atoms with Crippen LogP contribution in [0.25, 0.3) is 5.70 Å². The molecule has 3 aromatic carbocycles. The summed E-state index contributed by atoms with van der Waals surface area (Å²) in [5, 5.41) is 10.9. The van der Waals surface area contributed by atoms with Crippen LogP contribution in [0.15, 0.2) is 84.3 Å². The second-order valence-corrected chi connectivity index (χ2v) is 9.68.